The Bertz CT molecular complexity index is 1110. The lowest BCUT2D eigenvalue weighted by Gasteiger charge is -2.58. The van der Waals surface area contributed by atoms with Crippen molar-refractivity contribution in [1.29, 1.82) is 0 Å². The zero-order valence-electron chi connectivity index (χ0n) is 18.4. The number of carbonyl (C=O) groups excluding carboxylic acids is 1. The first-order valence-electron chi connectivity index (χ1n) is 11.6. The van der Waals surface area contributed by atoms with Gasteiger partial charge in [0.15, 0.2) is 17.3 Å². The predicted molar refractivity (Wildman–Crippen MR) is 115 cm³/mol. The van der Waals surface area contributed by atoms with Gasteiger partial charge in [0.2, 0.25) is 0 Å². The molecular weight excluding hydrogens is 414 g/mol. The van der Waals surface area contributed by atoms with Crippen LogP contribution in [0.15, 0.2) is 12.1 Å². The summed E-state index contributed by atoms with van der Waals surface area (Å²) < 4.78 is 29.6. The summed E-state index contributed by atoms with van der Waals surface area (Å²) in [5.74, 6) is 0.107. The second-order valence-corrected chi connectivity index (χ2v) is 10.4. The Labute approximate surface area is 185 Å². The van der Waals surface area contributed by atoms with Gasteiger partial charge in [-0.15, -0.1) is 0 Å². The summed E-state index contributed by atoms with van der Waals surface area (Å²) in [4.78, 5) is 15.2. The van der Waals surface area contributed by atoms with E-state index in [0.29, 0.717) is 47.7 Å². The van der Waals surface area contributed by atoms with Crippen LogP contribution in [0.1, 0.15) is 53.7 Å². The normalized spacial score (nSPS) is 32.5. The third-order valence-electron chi connectivity index (χ3n) is 8.30. The average Bonchev–Trinajstić information content (AvgIpc) is 3.26. The molecule has 32 heavy (non-hydrogen) atoms. The van der Waals surface area contributed by atoms with Crippen molar-refractivity contribution < 1.29 is 18.7 Å². The van der Waals surface area contributed by atoms with E-state index in [1.807, 2.05) is 11.8 Å². The Hall–Kier alpha value is -2.48. The number of rotatable bonds is 3. The average molecular weight is 443 g/mol. The lowest BCUT2D eigenvalue weighted by atomic mass is 9.52. The van der Waals surface area contributed by atoms with Gasteiger partial charge in [-0.25, -0.2) is 8.78 Å². The molecule has 7 rings (SSSR count). The van der Waals surface area contributed by atoms with E-state index in [2.05, 4.69) is 10.4 Å². The Kier molecular flexibility index (Phi) is 4.26. The van der Waals surface area contributed by atoms with Crippen molar-refractivity contribution in [3.05, 3.63) is 40.6 Å². The number of hydrogen-bond donors (Lipinski definition) is 2. The third-order valence-corrected chi connectivity index (χ3v) is 8.30. The van der Waals surface area contributed by atoms with Gasteiger partial charge in [0.25, 0.3) is 5.91 Å². The monoisotopic (exact) mass is 442 g/mol. The van der Waals surface area contributed by atoms with Crippen LogP contribution < -0.4 is 10.2 Å². The molecule has 4 bridgehead atoms. The maximum atomic E-state index is 14.3. The number of aromatic nitrogens is 2. The van der Waals surface area contributed by atoms with E-state index < -0.39 is 17.2 Å². The second kappa shape index (κ2) is 6.76. The van der Waals surface area contributed by atoms with Crippen LogP contribution in [-0.2, 0) is 13.5 Å². The first-order valence-corrected chi connectivity index (χ1v) is 11.6. The fourth-order valence-electron chi connectivity index (χ4n) is 7.29. The molecule has 0 saturated heterocycles. The van der Waals surface area contributed by atoms with Gasteiger partial charge in [0.05, 0.1) is 5.60 Å². The highest BCUT2D eigenvalue weighted by Crippen LogP contribution is 2.55. The van der Waals surface area contributed by atoms with E-state index in [9.17, 15) is 18.7 Å². The lowest BCUT2D eigenvalue weighted by molar-refractivity contribution is -0.136. The second-order valence-electron chi connectivity index (χ2n) is 10.4. The number of amides is 1. The molecule has 6 nitrogen and oxygen atoms in total. The highest BCUT2D eigenvalue weighted by molar-refractivity contribution is 5.95. The zero-order valence-corrected chi connectivity index (χ0v) is 18.4. The molecule has 2 unspecified atom stereocenters. The minimum absolute atomic E-state index is 0.0776. The summed E-state index contributed by atoms with van der Waals surface area (Å²) >= 11 is 0. The minimum Gasteiger partial charge on any atom is -0.390 e. The van der Waals surface area contributed by atoms with E-state index >= 15 is 0 Å². The summed E-state index contributed by atoms with van der Waals surface area (Å²) in [5.41, 5.74) is 1.54. The van der Waals surface area contributed by atoms with Crippen molar-refractivity contribution in [2.45, 2.75) is 57.1 Å². The maximum Gasteiger partial charge on any atom is 0.272 e. The topological polar surface area (TPSA) is 70.4 Å². The van der Waals surface area contributed by atoms with Gasteiger partial charge in [0, 0.05) is 36.4 Å². The summed E-state index contributed by atoms with van der Waals surface area (Å²) in [6.07, 6.45) is 4.99. The predicted octanol–water partition coefficient (Wildman–Crippen LogP) is 3.37. The molecule has 1 aromatic heterocycles. The van der Waals surface area contributed by atoms with Crippen LogP contribution in [0.2, 0.25) is 0 Å². The van der Waals surface area contributed by atoms with E-state index in [1.54, 1.807) is 17.8 Å². The number of anilines is 2. The lowest BCUT2D eigenvalue weighted by Crippen LogP contribution is -2.61. The largest absolute Gasteiger partial charge is 0.390 e. The van der Waals surface area contributed by atoms with Crippen LogP contribution in [0.25, 0.3) is 0 Å². The van der Waals surface area contributed by atoms with Crippen molar-refractivity contribution in [1.82, 2.24) is 15.1 Å². The van der Waals surface area contributed by atoms with Crippen LogP contribution in [0.3, 0.4) is 0 Å². The third kappa shape index (κ3) is 2.84. The Morgan fingerprint density at radius 2 is 1.94 bits per heavy atom. The molecule has 5 aliphatic rings. The molecule has 170 valence electrons. The number of benzene rings is 1. The van der Waals surface area contributed by atoms with Crippen molar-refractivity contribution in [2.75, 3.05) is 11.4 Å². The number of aryl methyl sites for hydroxylation is 1. The van der Waals surface area contributed by atoms with Gasteiger partial charge in [-0.3, -0.25) is 9.48 Å². The molecule has 4 fully saturated rings. The van der Waals surface area contributed by atoms with Crippen molar-refractivity contribution in [3.63, 3.8) is 0 Å². The molecule has 1 aromatic carbocycles. The molecule has 1 aliphatic heterocycles. The van der Waals surface area contributed by atoms with Crippen molar-refractivity contribution >= 4 is 17.4 Å². The highest BCUT2D eigenvalue weighted by Gasteiger charge is 2.55. The Balaban J connectivity index is 1.27. The quantitative estimate of drug-likeness (QED) is 0.765. The van der Waals surface area contributed by atoms with E-state index in [0.717, 1.165) is 49.6 Å². The molecule has 4 aliphatic carbocycles. The molecule has 0 spiro atoms. The molecule has 2 heterocycles. The molecule has 2 atom stereocenters. The SMILES string of the molecule is Cc1c(C(=O)NC2C3CC4CC2CC(O)(C4)C3)nn(C)c1N1CCc2c1ccc(F)c2F. The molecule has 1 amide bonds. The van der Waals surface area contributed by atoms with Crippen LogP contribution in [0.5, 0.6) is 0 Å². The van der Waals surface area contributed by atoms with Gasteiger partial charge in [-0.05, 0) is 75.3 Å². The summed E-state index contributed by atoms with van der Waals surface area (Å²) in [7, 11) is 1.77. The fourth-order valence-corrected chi connectivity index (χ4v) is 7.29. The molecular formula is C24H28F2N4O2. The van der Waals surface area contributed by atoms with Crippen LogP contribution >= 0.6 is 0 Å². The molecule has 8 heteroatoms. The van der Waals surface area contributed by atoms with Gasteiger partial charge < -0.3 is 15.3 Å². The Morgan fingerprint density at radius 3 is 2.62 bits per heavy atom. The van der Waals surface area contributed by atoms with Gasteiger partial charge >= 0.3 is 0 Å². The van der Waals surface area contributed by atoms with Crippen LogP contribution in [0, 0.1) is 36.3 Å². The van der Waals surface area contributed by atoms with Gasteiger partial charge in [-0.1, -0.05) is 0 Å². The summed E-state index contributed by atoms with van der Waals surface area (Å²) in [5, 5.41) is 18.6. The maximum absolute atomic E-state index is 14.3. The highest BCUT2D eigenvalue weighted by atomic mass is 19.2. The minimum atomic E-state index is -0.840. The fraction of sp³-hybridized carbons (Fsp3) is 0.583. The number of hydrogen-bond acceptors (Lipinski definition) is 4. The number of carbonyl (C=O) groups is 1. The number of aliphatic hydroxyl groups is 1. The first kappa shape index (κ1) is 20.1. The number of halogens is 2. The van der Waals surface area contributed by atoms with E-state index in [-0.39, 0.29) is 11.9 Å². The van der Waals surface area contributed by atoms with Crippen molar-refractivity contribution in [2.24, 2.45) is 24.8 Å². The Morgan fingerprint density at radius 1 is 1.22 bits per heavy atom. The standard InChI is InChI=1S/C24H28F2N4O2/c1-12-20(22(31)27-21-14-7-13-8-15(21)11-24(32,9-13)10-14)28-29(2)23(12)30-6-5-16-18(30)4-3-17(25)19(16)26/h3-4,13-15,21,32H,5-11H2,1-2H3,(H,27,31). The van der Waals surface area contributed by atoms with E-state index in [4.69, 9.17) is 0 Å². The zero-order chi connectivity index (χ0) is 22.4. The summed E-state index contributed by atoms with van der Waals surface area (Å²) in [6, 6.07) is 2.81. The number of nitrogens with zero attached hydrogens (tertiary/aromatic N) is 3. The molecule has 0 radical (unpaired) electrons. The smallest absolute Gasteiger partial charge is 0.272 e. The van der Waals surface area contributed by atoms with Crippen LogP contribution in [-0.4, -0.2) is 39.0 Å². The molecule has 2 N–H and O–H groups in total. The van der Waals surface area contributed by atoms with Gasteiger partial charge in [-0.2, -0.15) is 5.10 Å². The summed E-state index contributed by atoms with van der Waals surface area (Å²) in [6.45, 7) is 2.36. The molecule has 4 saturated carbocycles. The van der Waals surface area contributed by atoms with Crippen LogP contribution in [0.4, 0.5) is 20.3 Å². The first-order chi connectivity index (χ1) is 15.2. The van der Waals surface area contributed by atoms with Crippen molar-refractivity contribution in [3.8, 4) is 0 Å². The van der Waals surface area contributed by atoms with E-state index in [1.165, 1.54) is 0 Å². The number of fused-ring (bicyclic) bond motifs is 1. The van der Waals surface area contributed by atoms with Gasteiger partial charge in [0.1, 0.15) is 5.82 Å². The molecule has 2 aromatic rings. The number of nitrogens with one attached hydrogen (secondary N) is 1.